The Morgan fingerprint density at radius 3 is 2.59 bits per heavy atom. The van der Waals surface area contributed by atoms with Gasteiger partial charge in [0.15, 0.2) is 0 Å². The summed E-state index contributed by atoms with van der Waals surface area (Å²) in [6.07, 6.45) is 3.86. The molecule has 0 bridgehead atoms. The minimum absolute atomic E-state index is 0.209. The van der Waals surface area contributed by atoms with E-state index in [4.69, 9.17) is 0 Å². The minimum atomic E-state index is -0.209. The summed E-state index contributed by atoms with van der Waals surface area (Å²) in [5.41, 5.74) is 1.95. The van der Waals surface area contributed by atoms with Gasteiger partial charge >= 0.3 is 5.69 Å². The van der Waals surface area contributed by atoms with Crippen LogP contribution >= 0.6 is 0 Å². The van der Waals surface area contributed by atoms with Gasteiger partial charge in [-0.2, -0.15) is 5.10 Å². The molecule has 90 valence electrons. The van der Waals surface area contributed by atoms with Crippen molar-refractivity contribution in [1.29, 1.82) is 0 Å². The summed E-state index contributed by atoms with van der Waals surface area (Å²) in [5.74, 6) is 0.565. The molecule has 1 unspecified atom stereocenters. The van der Waals surface area contributed by atoms with Crippen molar-refractivity contribution >= 4 is 0 Å². The molecular formula is C13H17N3O. The summed E-state index contributed by atoms with van der Waals surface area (Å²) in [5, 5.41) is 6.09. The lowest BCUT2D eigenvalue weighted by molar-refractivity contribution is 0.665. The average molecular weight is 231 g/mol. The Balaban J connectivity index is 2.24. The summed E-state index contributed by atoms with van der Waals surface area (Å²) in [6.45, 7) is 4.42. The summed E-state index contributed by atoms with van der Waals surface area (Å²) >= 11 is 0. The molecule has 1 atom stereocenters. The van der Waals surface area contributed by atoms with Gasteiger partial charge in [-0.05, 0) is 30.0 Å². The van der Waals surface area contributed by atoms with E-state index in [0.29, 0.717) is 5.92 Å². The second-order valence-electron chi connectivity index (χ2n) is 4.31. The zero-order chi connectivity index (χ0) is 12.3. The quantitative estimate of drug-likeness (QED) is 0.878. The Kier molecular flexibility index (Phi) is 3.42. The van der Waals surface area contributed by atoms with E-state index in [0.717, 1.165) is 5.69 Å². The molecular weight excluding hydrogens is 214 g/mol. The molecule has 0 saturated heterocycles. The third kappa shape index (κ3) is 2.46. The number of nitrogens with zero attached hydrogens (tertiary/aromatic N) is 2. The van der Waals surface area contributed by atoms with Gasteiger partial charge in [0.25, 0.3) is 0 Å². The molecule has 4 heteroatoms. The van der Waals surface area contributed by atoms with Crippen LogP contribution in [-0.4, -0.2) is 14.8 Å². The molecule has 2 aromatic rings. The number of H-pyrrole nitrogens is 1. The van der Waals surface area contributed by atoms with E-state index in [1.807, 2.05) is 12.1 Å². The predicted molar refractivity (Wildman–Crippen MR) is 67.5 cm³/mol. The lowest BCUT2D eigenvalue weighted by atomic mass is 9.96. The van der Waals surface area contributed by atoms with Gasteiger partial charge in [-0.25, -0.2) is 14.5 Å². The van der Waals surface area contributed by atoms with Crippen molar-refractivity contribution in [3.05, 3.63) is 46.6 Å². The lowest BCUT2D eigenvalue weighted by Gasteiger charge is -2.10. The molecule has 0 amide bonds. The molecule has 1 aromatic heterocycles. The maximum atomic E-state index is 11.4. The second-order valence-corrected chi connectivity index (χ2v) is 4.31. The van der Waals surface area contributed by atoms with Crippen LogP contribution < -0.4 is 5.69 Å². The van der Waals surface area contributed by atoms with Crippen molar-refractivity contribution in [3.8, 4) is 5.69 Å². The van der Waals surface area contributed by atoms with Gasteiger partial charge < -0.3 is 0 Å². The molecule has 1 N–H and O–H groups in total. The molecule has 0 fully saturated rings. The average Bonchev–Trinajstić information content (AvgIpc) is 2.76. The summed E-state index contributed by atoms with van der Waals surface area (Å²) in [6, 6.07) is 8.07. The Labute approximate surface area is 100 Å². The van der Waals surface area contributed by atoms with Crippen molar-refractivity contribution in [3.63, 3.8) is 0 Å². The molecule has 1 aromatic carbocycles. The van der Waals surface area contributed by atoms with E-state index in [1.165, 1.54) is 29.3 Å². The molecule has 17 heavy (non-hydrogen) atoms. The van der Waals surface area contributed by atoms with Crippen LogP contribution in [0.15, 0.2) is 35.4 Å². The van der Waals surface area contributed by atoms with Gasteiger partial charge in [-0.3, -0.25) is 0 Å². The minimum Gasteiger partial charge on any atom is -0.250 e. The largest absolute Gasteiger partial charge is 0.347 e. The molecule has 0 aliphatic rings. The van der Waals surface area contributed by atoms with Crippen molar-refractivity contribution < 1.29 is 0 Å². The van der Waals surface area contributed by atoms with E-state index < -0.39 is 0 Å². The predicted octanol–water partition coefficient (Wildman–Crippen LogP) is 2.46. The third-order valence-corrected chi connectivity index (χ3v) is 3.01. The van der Waals surface area contributed by atoms with Gasteiger partial charge in [0, 0.05) is 0 Å². The highest BCUT2D eigenvalue weighted by atomic mass is 16.1. The summed E-state index contributed by atoms with van der Waals surface area (Å²) in [7, 11) is 0. The Morgan fingerprint density at radius 2 is 2.06 bits per heavy atom. The van der Waals surface area contributed by atoms with E-state index in [9.17, 15) is 4.79 Å². The van der Waals surface area contributed by atoms with Crippen LogP contribution in [0.25, 0.3) is 5.69 Å². The van der Waals surface area contributed by atoms with Gasteiger partial charge in [0.05, 0.1) is 5.69 Å². The number of aromatic amines is 1. The van der Waals surface area contributed by atoms with Crippen LogP contribution in [0.4, 0.5) is 0 Å². The SMILES string of the molecule is CCCC(C)c1ccc(-n2cn[nH]c2=O)cc1. The Hall–Kier alpha value is -1.84. The van der Waals surface area contributed by atoms with E-state index >= 15 is 0 Å². The number of nitrogens with one attached hydrogen (secondary N) is 1. The van der Waals surface area contributed by atoms with Crippen LogP contribution in [0.5, 0.6) is 0 Å². The van der Waals surface area contributed by atoms with Crippen LogP contribution in [0.3, 0.4) is 0 Å². The fourth-order valence-electron chi connectivity index (χ4n) is 2.00. The highest BCUT2D eigenvalue weighted by molar-refractivity contribution is 5.35. The highest BCUT2D eigenvalue weighted by Crippen LogP contribution is 2.21. The maximum absolute atomic E-state index is 11.4. The molecule has 0 aliphatic heterocycles. The zero-order valence-corrected chi connectivity index (χ0v) is 10.2. The Morgan fingerprint density at radius 1 is 1.35 bits per heavy atom. The summed E-state index contributed by atoms with van der Waals surface area (Å²) < 4.78 is 1.49. The number of benzene rings is 1. The van der Waals surface area contributed by atoms with Gasteiger partial charge in [-0.1, -0.05) is 32.4 Å². The molecule has 0 saturated carbocycles. The van der Waals surface area contributed by atoms with Gasteiger partial charge in [0.2, 0.25) is 0 Å². The van der Waals surface area contributed by atoms with Crippen molar-refractivity contribution in [2.24, 2.45) is 0 Å². The number of aromatic nitrogens is 3. The van der Waals surface area contributed by atoms with Crippen LogP contribution in [-0.2, 0) is 0 Å². The Bertz CT molecular complexity index is 524. The molecule has 0 aliphatic carbocycles. The van der Waals surface area contributed by atoms with Crippen LogP contribution in [0.2, 0.25) is 0 Å². The topological polar surface area (TPSA) is 50.7 Å². The maximum Gasteiger partial charge on any atom is 0.347 e. The smallest absolute Gasteiger partial charge is 0.250 e. The van der Waals surface area contributed by atoms with E-state index in [2.05, 4.69) is 36.2 Å². The first-order valence-electron chi connectivity index (χ1n) is 5.94. The first kappa shape index (κ1) is 11.6. The van der Waals surface area contributed by atoms with E-state index in [-0.39, 0.29) is 5.69 Å². The molecule has 4 nitrogen and oxygen atoms in total. The van der Waals surface area contributed by atoms with Crippen molar-refractivity contribution in [1.82, 2.24) is 14.8 Å². The van der Waals surface area contributed by atoms with Crippen LogP contribution in [0.1, 0.15) is 38.2 Å². The first-order chi connectivity index (χ1) is 8.22. The molecule has 0 spiro atoms. The molecule has 2 rings (SSSR count). The zero-order valence-electron chi connectivity index (χ0n) is 10.2. The normalized spacial score (nSPS) is 12.6. The third-order valence-electron chi connectivity index (χ3n) is 3.01. The summed E-state index contributed by atoms with van der Waals surface area (Å²) in [4.78, 5) is 11.4. The molecule has 1 heterocycles. The van der Waals surface area contributed by atoms with E-state index in [1.54, 1.807) is 0 Å². The fraction of sp³-hybridized carbons (Fsp3) is 0.385. The van der Waals surface area contributed by atoms with Crippen molar-refractivity contribution in [2.45, 2.75) is 32.6 Å². The van der Waals surface area contributed by atoms with Gasteiger partial charge in [-0.15, -0.1) is 0 Å². The molecule has 0 radical (unpaired) electrons. The lowest BCUT2D eigenvalue weighted by Crippen LogP contribution is -2.13. The monoisotopic (exact) mass is 231 g/mol. The number of hydrogen-bond acceptors (Lipinski definition) is 2. The first-order valence-corrected chi connectivity index (χ1v) is 5.94. The standard InChI is InChI=1S/C13H17N3O/c1-3-4-10(2)11-5-7-12(8-6-11)16-9-14-15-13(16)17/h5-10H,3-4H2,1-2H3,(H,15,17). The second kappa shape index (κ2) is 4.99. The van der Waals surface area contributed by atoms with Gasteiger partial charge in [0.1, 0.15) is 6.33 Å². The highest BCUT2D eigenvalue weighted by Gasteiger charge is 2.05. The fourth-order valence-corrected chi connectivity index (χ4v) is 2.00. The van der Waals surface area contributed by atoms with Crippen molar-refractivity contribution in [2.75, 3.05) is 0 Å². The number of hydrogen-bond donors (Lipinski definition) is 1. The van der Waals surface area contributed by atoms with Crippen LogP contribution in [0, 0.1) is 0 Å². The number of rotatable bonds is 4.